The Morgan fingerprint density at radius 3 is 2.32 bits per heavy atom. The number of ketones is 1. The molecule has 0 saturated carbocycles. The van der Waals surface area contributed by atoms with E-state index in [1.54, 1.807) is 48.5 Å². The number of anilines is 1. The Balaban J connectivity index is 1.98. The second-order valence-electron chi connectivity index (χ2n) is 4.63. The number of ether oxygens (including phenoxy) is 1. The van der Waals surface area contributed by atoms with Crippen molar-refractivity contribution < 1.29 is 19.1 Å². The molecular weight excluding hydrogens is 282 g/mol. The fraction of sp³-hybridized carbons (Fsp3) is 0.118. The summed E-state index contributed by atoms with van der Waals surface area (Å²) in [5.41, 5.74) is 1.26. The third-order valence-electron chi connectivity index (χ3n) is 2.85. The molecule has 0 spiro atoms. The first-order chi connectivity index (χ1) is 10.6. The number of hydrogen-bond donors (Lipinski definition) is 1. The number of carbonyl (C=O) groups is 3. The van der Waals surface area contributed by atoms with Gasteiger partial charge in [-0.25, -0.2) is 4.79 Å². The van der Waals surface area contributed by atoms with Gasteiger partial charge in [-0.1, -0.05) is 36.4 Å². The Hall–Kier alpha value is -2.95. The smallest absolute Gasteiger partial charge is 0.338 e. The van der Waals surface area contributed by atoms with Gasteiger partial charge < -0.3 is 10.1 Å². The van der Waals surface area contributed by atoms with E-state index in [0.29, 0.717) is 11.3 Å². The van der Waals surface area contributed by atoms with Crippen molar-refractivity contribution in [1.29, 1.82) is 0 Å². The molecule has 1 amide bonds. The Morgan fingerprint density at radius 2 is 1.64 bits per heavy atom. The van der Waals surface area contributed by atoms with Crippen molar-refractivity contribution in [2.75, 3.05) is 11.9 Å². The Morgan fingerprint density at radius 1 is 0.955 bits per heavy atom. The van der Waals surface area contributed by atoms with E-state index in [-0.39, 0.29) is 23.9 Å². The fourth-order valence-electron chi connectivity index (χ4n) is 1.85. The molecule has 112 valence electrons. The van der Waals surface area contributed by atoms with Gasteiger partial charge in [0.25, 0.3) is 0 Å². The van der Waals surface area contributed by atoms with Gasteiger partial charge in [-0.3, -0.25) is 9.59 Å². The van der Waals surface area contributed by atoms with E-state index in [1.165, 1.54) is 13.0 Å². The zero-order chi connectivity index (χ0) is 15.9. The lowest BCUT2D eigenvalue weighted by Gasteiger charge is -2.06. The number of carbonyl (C=O) groups excluding carboxylic acids is 3. The molecule has 22 heavy (non-hydrogen) atoms. The Bertz CT molecular complexity index is 695. The summed E-state index contributed by atoms with van der Waals surface area (Å²) in [6.45, 7) is 1.05. The lowest BCUT2D eigenvalue weighted by atomic mass is 10.1. The number of Topliss-reactive ketones (excluding diaryl/α,β-unsaturated/α-hetero) is 1. The number of rotatable bonds is 5. The monoisotopic (exact) mass is 297 g/mol. The van der Waals surface area contributed by atoms with Crippen LogP contribution in [0, 0.1) is 0 Å². The van der Waals surface area contributed by atoms with Gasteiger partial charge in [0.1, 0.15) is 0 Å². The van der Waals surface area contributed by atoms with Gasteiger partial charge in [0.15, 0.2) is 12.4 Å². The SMILES string of the molecule is CC(=O)Nc1cccc(C(=O)OCC(=O)c2ccccc2)c1. The largest absolute Gasteiger partial charge is 0.454 e. The predicted molar refractivity (Wildman–Crippen MR) is 81.8 cm³/mol. The molecule has 1 N–H and O–H groups in total. The second kappa shape index (κ2) is 7.17. The van der Waals surface area contributed by atoms with Gasteiger partial charge in [-0.15, -0.1) is 0 Å². The molecule has 0 aromatic heterocycles. The summed E-state index contributed by atoms with van der Waals surface area (Å²) in [6, 6.07) is 14.9. The van der Waals surface area contributed by atoms with Crippen LogP contribution in [0.1, 0.15) is 27.6 Å². The van der Waals surface area contributed by atoms with Crippen molar-refractivity contribution in [3.8, 4) is 0 Å². The van der Waals surface area contributed by atoms with Crippen LogP contribution in [0.4, 0.5) is 5.69 Å². The minimum Gasteiger partial charge on any atom is -0.454 e. The van der Waals surface area contributed by atoms with Gasteiger partial charge in [-0.05, 0) is 18.2 Å². The van der Waals surface area contributed by atoms with Crippen LogP contribution in [0.3, 0.4) is 0 Å². The minimum absolute atomic E-state index is 0.232. The minimum atomic E-state index is -0.614. The van der Waals surface area contributed by atoms with Crippen LogP contribution < -0.4 is 5.32 Å². The van der Waals surface area contributed by atoms with Gasteiger partial charge in [0.2, 0.25) is 5.91 Å². The highest BCUT2D eigenvalue weighted by atomic mass is 16.5. The predicted octanol–water partition coefficient (Wildman–Crippen LogP) is 2.68. The van der Waals surface area contributed by atoms with Gasteiger partial charge in [0, 0.05) is 18.2 Å². The highest BCUT2D eigenvalue weighted by Gasteiger charge is 2.12. The first-order valence-electron chi connectivity index (χ1n) is 6.69. The molecule has 2 aromatic carbocycles. The maximum atomic E-state index is 11.9. The van der Waals surface area contributed by atoms with Crippen LogP contribution in [-0.4, -0.2) is 24.3 Å². The van der Waals surface area contributed by atoms with E-state index < -0.39 is 5.97 Å². The van der Waals surface area contributed by atoms with Crippen LogP contribution in [0.2, 0.25) is 0 Å². The third kappa shape index (κ3) is 4.28. The highest BCUT2D eigenvalue weighted by Crippen LogP contribution is 2.12. The number of amides is 1. The van der Waals surface area contributed by atoms with Crippen molar-refractivity contribution in [3.63, 3.8) is 0 Å². The van der Waals surface area contributed by atoms with Crippen LogP contribution >= 0.6 is 0 Å². The van der Waals surface area contributed by atoms with Crippen molar-refractivity contribution in [2.24, 2.45) is 0 Å². The zero-order valence-corrected chi connectivity index (χ0v) is 12.0. The summed E-state index contributed by atoms with van der Waals surface area (Å²) in [5.74, 6) is -1.12. The summed E-state index contributed by atoms with van der Waals surface area (Å²) in [5, 5.41) is 2.58. The summed E-state index contributed by atoms with van der Waals surface area (Å²) in [4.78, 5) is 34.8. The molecule has 0 fully saturated rings. The van der Waals surface area contributed by atoms with Gasteiger partial charge >= 0.3 is 5.97 Å². The van der Waals surface area contributed by atoms with E-state index in [1.807, 2.05) is 0 Å². The first-order valence-corrected chi connectivity index (χ1v) is 6.69. The summed E-state index contributed by atoms with van der Waals surface area (Å²) in [7, 11) is 0. The topological polar surface area (TPSA) is 72.5 Å². The fourth-order valence-corrected chi connectivity index (χ4v) is 1.85. The second-order valence-corrected chi connectivity index (χ2v) is 4.63. The molecule has 0 aliphatic rings. The molecule has 0 saturated heterocycles. The Labute approximate surface area is 127 Å². The van der Waals surface area contributed by atoms with E-state index >= 15 is 0 Å². The number of hydrogen-bond acceptors (Lipinski definition) is 4. The summed E-state index contributed by atoms with van der Waals surface area (Å²) >= 11 is 0. The molecule has 0 radical (unpaired) electrons. The molecule has 2 aromatic rings. The summed E-state index contributed by atoms with van der Waals surface area (Å²) < 4.78 is 5.00. The molecule has 0 bridgehead atoms. The van der Waals surface area contributed by atoms with Crippen molar-refractivity contribution in [3.05, 3.63) is 65.7 Å². The molecular formula is C17H15NO4. The van der Waals surface area contributed by atoms with E-state index in [0.717, 1.165) is 0 Å². The average molecular weight is 297 g/mol. The van der Waals surface area contributed by atoms with Crippen LogP contribution in [-0.2, 0) is 9.53 Å². The molecule has 0 heterocycles. The number of esters is 1. The molecule has 0 unspecified atom stereocenters. The lowest BCUT2D eigenvalue weighted by molar-refractivity contribution is -0.114. The molecule has 5 heteroatoms. The first kappa shape index (κ1) is 15.4. The maximum absolute atomic E-state index is 11.9. The van der Waals surface area contributed by atoms with Crippen LogP contribution in [0.15, 0.2) is 54.6 Å². The van der Waals surface area contributed by atoms with E-state index in [9.17, 15) is 14.4 Å². The normalized spacial score (nSPS) is 9.86. The van der Waals surface area contributed by atoms with Crippen molar-refractivity contribution in [1.82, 2.24) is 0 Å². The summed E-state index contributed by atoms with van der Waals surface area (Å²) in [6.07, 6.45) is 0. The number of benzene rings is 2. The van der Waals surface area contributed by atoms with Gasteiger partial charge in [-0.2, -0.15) is 0 Å². The Kier molecular flexibility index (Phi) is 5.03. The van der Waals surface area contributed by atoms with Crippen molar-refractivity contribution in [2.45, 2.75) is 6.92 Å². The lowest BCUT2D eigenvalue weighted by Crippen LogP contribution is -2.14. The van der Waals surface area contributed by atoms with E-state index in [4.69, 9.17) is 4.74 Å². The van der Waals surface area contributed by atoms with Gasteiger partial charge in [0.05, 0.1) is 5.56 Å². The quantitative estimate of drug-likeness (QED) is 0.680. The molecule has 0 aliphatic heterocycles. The molecule has 5 nitrogen and oxygen atoms in total. The van der Waals surface area contributed by atoms with Crippen molar-refractivity contribution >= 4 is 23.3 Å². The standard InChI is InChI=1S/C17H15NO4/c1-12(19)18-15-9-5-8-14(10-15)17(21)22-11-16(20)13-6-3-2-4-7-13/h2-10H,11H2,1H3,(H,18,19). The average Bonchev–Trinajstić information content (AvgIpc) is 2.52. The maximum Gasteiger partial charge on any atom is 0.338 e. The number of nitrogens with one attached hydrogen (secondary N) is 1. The van der Waals surface area contributed by atoms with E-state index in [2.05, 4.69) is 5.32 Å². The third-order valence-corrected chi connectivity index (χ3v) is 2.85. The van der Waals surface area contributed by atoms with Crippen LogP contribution in [0.5, 0.6) is 0 Å². The molecule has 0 atom stereocenters. The zero-order valence-electron chi connectivity index (χ0n) is 12.0. The van der Waals surface area contributed by atoms with Crippen LogP contribution in [0.25, 0.3) is 0 Å². The molecule has 2 rings (SSSR count). The highest BCUT2D eigenvalue weighted by molar-refractivity contribution is 5.99. The molecule has 0 aliphatic carbocycles.